The molecule has 0 saturated carbocycles. The van der Waals surface area contributed by atoms with Gasteiger partial charge in [0.1, 0.15) is 24.0 Å². The second kappa shape index (κ2) is 13.5. The Morgan fingerprint density at radius 3 is 2.35 bits per heavy atom. The Bertz CT molecular complexity index is 1070. The third-order valence-electron chi connectivity index (χ3n) is 9.72. The summed E-state index contributed by atoms with van der Waals surface area (Å²) in [6, 6.07) is -1.07. The van der Waals surface area contributed by atoms with E-state index in [0.29, 0.717) is 18.4 Å². The van der Waals surface area contributed by atoms with Crippen LogP contribution < -0.4 is 5.84 Å². The van der Waals surface area contributed by atoms with E-state index in [0.717, 1.165) is 5.01 Å². The Morgan fingerprint density at radius 2 is 1.79 bits per heavy atom. The number of rotatable bonds is 5. The number of aliphatic hydroxyl groups excluding tert-OH is 1. The van der Waals surface area contributed by atoms with Gasteiger partial charge in [-0.2, -0.15) is 0 Å². The number of esters is 1. The smallest absolute Gasteiger partial charge is 0.425 e. The highest BCUT2D eigenvalue weighted by atomic mass is 16.7. The molecule has 3 N–H and O–H groups in total. The Morgan fingerprint density at radius 1 is 1.16 bits per heavy atom. The molecule has 1 amide bonds. The molecule has 0 aliphatic carbocycles. The molecule has 0 aromatic carbocycles. The molecule has 2 saturated heterocycles. The normalized spacial score (nSPS) is 44.7. The van der Waals surface area contributed by atoms with Crippen molar-refractivity contribution in [2.24, 2.45) is 23.6 Å². The molecule has 3 heterocycles. The molecular weight excluding hydrogens is 558 g/mol. The number of carbonyl (C=O) groups is 3. The zero-order valence-corrected chi connectivity index (χ0v) is 27.7. The zero-order valence-electron chi connectivity index (χ0n) is 27.7. The van der Waals surface area contributed by atoms with Gasteiger partial charge >= 0.3 is 12.1 Å². The quantitative estimate of drug-likeness (QED) is 0.268. The zero-order chi connectivity index (χ0) is 32.6. The van der Waals surface area contributed by atoms with Gasteiger partial charge in [0.15, 0.2) is 11.9 Å². The molecule has 0 aromatic heterocycles. The van der Waals surface area contributed by atoms with Crippen LogP contribution in [0.5, 0.6) is 0 Å². The molecule has 0 aromatic rings. The second-order valence-corrected chi connectivity index (χ2v) is 13.4. The number of amides is 1. The summed E-state index contributed by atoms with van der Waals surface area (Å²) in [7, 11) is 5.35. The lowest BCUT2D eigenvalue weighted by atomic mass is 9.74. The number of ketones is 1. The summed E-state index contributed by atoms with van der Waals surface area (Å²) in [5, 5.41) is 12.2. The van der Waals surface area contributed by atoms with Crippen molar-refractivity contribution in [2.75, 3.05) is 21.2 Å². The van der Waals surface area contributed by atoms with Crippen LogP contribution in [0.3, 0.4) is 0 Å². The summed E-state index contributed by atoms with van der Waals surface area (Å²) >= 11 is 0. The molecule has 12 heteroatoms. The van der Waals surface area contributed by atoms with E-state index < -0.39 is 71.7 Å². The largest absolute Gasteiger partial charge is 0.455 e. The molecule has 12 atom stereocenters. The summed E-state index contributed by atoms with van der Waals surface area (Å²) < 4.78 is 30.5. The fourth-order valence-corrected chi connectivity index (χ4v) is 7.31. The highest BCUT2D eigenvalue weighted by Crippen LogP contribution is 2.41. The van der Waals surface area contributed by atoms with Crippen molar-refractivity contribution in [3.05, 3.63) is 11.6 Å². The van der Waals surface area contributed by atoms with Gasteiger partial charge in [-0.15, -0.1) is 0 Å². The summed E-state index contributed by atoms with van der Waals surface area (Å²) in [5.74, 6) is 3.70. The second-order valence-electron chi connectivity index (χ2n) is 13.4. The standard InChI is InChI=1S/C31H53N3O9/c1-12-22-31(8)25(34(32)29(38)43-31)20(6)23(35)18(4)15-30(7,39-11)26(16(2)13-17(3)27(37)41-22)42-28-24(36)21(33(9)10)14-19(5)40-28/h13,16,18-22,24-26,28,36H,12,14-15,32H2,1-11H3/b17-13+/t16-,18+,19+,20-,21-,22+,24+,25+,26+,28-,30-,31+/m0/s1. The van der Waals surface area contributed by atoms with Gasteiger partial charge in [0.25, 0.3) is 0 Å². The van der Waals surface area contributed by atoms with E-state index in [9.17, 15) is 19.5 Å². The fraction of sp³-hybridized carbons (Fsp3) is 0.839. The Balaban J connectivity index is 2.11. The van der Waals surface area contributed by atoms with Crippen LogP contribution in [0.25, 0.3) is 0 Å². The maximum Gasteiger partial charge on any atom is 0.425 e. The first-order valence-corrected chi connectivity index (χ1v) is 15.3. The Labute approximate surface area is 256 Å². The number of nitrogens with zero attached hydrogens (tertiary/aromatic N) is 2. The van der Waals surface area contributed by atoms with E-state index in [1.54, 1.807) is 34.0 Å². The van der Waals surface area contributed by atoms with Crippen molar-refractivity contribution in [3.63, 3.8) is 0 Å². The van der Waals surface area contributed by atoms with Crippen LogP contribution in [0.2, 0.25) is 0 Å². The van der Waals surface area contributed by atoms with Crippen LogP contribution in [-0.4, -0.2) is 108 Å². The van der Waals surface area contributed by atoms with E-state index in [2.05, 4.69) is 0 Å². The van der Waals surface area contributed by atoms with Gasteiger partial charge in [-0.3, -0.25) is 4.79 Å². The van der Waals surface area contributed by atoms with E-state index in [1.165, 1.54) is 0 Å². The lowest BCUT2D eigenvalue weighted by Gasteiger charge is -2.46. The van der Waals surface area contributed by atoms with Crippen molar-refractivity contribution in [3.8, 4) is 0 Å². The van der Waals surface area contributed by atoms with Crippen LogP contribution in [0.1, 0.15) is 74.7 Å². The summed E-state index contributed by atoms with van der Waals surface area (Å²) in [5.41, 5.74) is -2.09. The van der Waals surface area contributed by atoms with Gasteiger partial charge in [-0.1, -0.05) is 33.8 Å². The highest BCUT2D eigenvalue weighted by molar-refractivity contribution is 5.88. The molecule has 0 unspecified atom stereocenters. The molecule has 12 nitrogen and oxygen atoms in total. The van der Waals surface area contributed by atoms with Gasteiger partial charge in [-0.25, -0.2) is 20.4 Å². The Hall–Kier alpha value is -2.09. The summed E-state index contributed by atoms with van der Waals surface area (Å²) in [4.78, 5) is 42.1. The fourth-order valence-electron chi connectivity index (χ4n) is 7.31. The van der Waals surface area contributed by atoms with Crippen molar-refractivity contribution in [1.29, 1.82) is 0 Å². The van der Waals surface area contributed by atoms with Crippen LogP contribution in [0, 0.1) is 17.8 Å². The van der Waals surface area contributed by atoms with Crippen molar-refractivity contribution in [2.45, 2.75) is 129 Å². The monoisotopic (exact) mass is 611 g/mol. The maximum absolute atomic E-state index is 14.0. The minimum absolute atomic E-state index is 0.153. The lowest BCUT2D eigenvalue weighted by Crippen LogP contribution is -2.59. The lowest BCUT2D eigenvalue weighted by molar-refractivity contribution is -0.294. The van der Waals surface area contributed by atoms with E-state index in [-0.39, 0.29) is 24.3 Å². The summed E-state index contributed by atoms with van der Waals surface area (Å²) in [6.45, 7) is 14.3. The van der Waals surface area contributed by atoms with Gasteiger partial charge in [0.2, 0.25) is 0 Å². The molecule has 3 aliphatic heterocycles. The molecule has 2 fully saturated rings. The number of hydrogen-bond acceptors (Lipinski definition) is 11. The number of aliphatic hydroxyl groups is 1. The molecule has 0 bridgehead atoms. The average Bonchev–Trinajstić information content (AvgIpc) is 3.17. The van der Waals surface area contributed by atoms with E-state index in [4.69, 9.17) is 29.5 Å². The Kier molecular flexibility index (Phi) is 11.1. The highest BCUT2D eigenvalue weighted by Gasteiger charge is 2.59. The first-order valence-electron chi connectivity index (χ1n) is 15.3. The number of carbonyl (C=O) groups excluding carboxylic acids is 3. The van der Waals surface area contributed by atoms with Crippen molar-refractivity contribution >= 4 is 17.8 Å². The van der Waals surface area contributed by atoms with Gasteiger partial charge < -0.3 is 33.7 Å². The minimum Gasteiger partial charge on any atom is -0.455 e. The maximum atomic E-state index is 14.0. The number of nitrogens with two attached hydrogens (primary N) is 1. The summed E-state index contributed by atoms with van der Waals surface area (Å²) in [6.07, 6.45) is -1.53. The van der Waals surface area contributed by atoms with Gasteiger partial charge in [-0.05, 0) is 61.1 Å². The molecule has 3 rings (SSSR count). The molecular formula is C31H53N3O9. The first-order chi connectivity index (χ1) is 19.9. The SMILES string of the molecule is CC[C@H]1OC(=O)/C(C)=C/[C@H](C)[C@@H](O[C@@H]2O[C@H](C)C[C@H](N(C)C)[C@H]2O)[C@@](C)(OC)C[C@@H](C)C(=O)[C@H](C)[C@H]2N(N)C(=O)O[C@]12C. The third kappa shape index (κ3) is 6.94. The number of Topliss-reactive ketones (excluding diaryl/α,β-unsaturated/α-hetero) is 1. The molecule has 0 radical (unpaired) electrons. The number of fused-ring (bicyclic) bond motifs is 1. The van der Waals surface area contributed by atoms with Crippen LogP contribution in [-0.2, 0) is 33.3 Å². The van der Waals surface area contributed by atoms with Crippen molar-refractivity contribution < 1.29 is 43.2 Å². The van der Waals surface area contributed by atoms with Crippen LogP contribution in [0.15, 0.2) is 11.6 Å². The van der Waals surface area contributed by atoms with Gasteiger partial charge in [0.05, 0.1) is 17.8 Å². The number of methoxy groups -OCH3 is 1. The topological polar surface area (TPSA) is 150 Å². The average molecular weight is 612 g/mol. The van der Waals surface area contributed by atoms with E-state index in [1.807, 2.05) is 53.6 Å². The van der Waals surface area contributed by atoms with Crippen molar-refractivity contribution in [1.82, 2.24) is 9.91 Å². The molecule has 0 spiro atoms. The minimum atomic E-state index is -1.36. The number of likely N-dealkylation sites (N-methyl/N-ethyl adjacent to an activating group) is 1. The number of ether oxygens (including phenoxy) is 5. The molecule has 3 aliphatic rings. The van der Waals surface area contributed by atoms with Crippen LogP contribution in [0.4, 0.5) is 4.79 Å². The third-order valence-corrected chi connectivity index (χ3v) is 9.72. The predicted molar refractivity (Wildman–Crippen MR) is 158 cm³/mol. The predicted octanol–water partition coefficient (Wildman–Crippen LogP) is 2.81. The molecule has 43 heavy (non-hydrogen) atoms. The number of hydrogen-bond donors (Lipinski definition) is 2. The number of hydrazine groups is 1. The van der Waals surface area contributed by atoms with Gasteiger partial charge in [0, 0.05) is 36.5 Å². The van der Waals surface area contributed by atoms with E-state index >= 15 is 0 Å². The first kappa shape index (κ1) is 35.4. The molecule has 246 valence electrons. The van der Waals surface area contributed by atoms with Crippen LogP contribution >= 0.6 is 0 Å². The number of cyclic esters (lactones) is 1.